The molecule has 1 heterocycles. The normalized spacial score (nSPS) is 25.4. The molecule has 1 saturated carbocycles. The summed E-state index contributed by atoms with van der Waals surface area (Å²) in [5.74, 6) is 1.84. The van der Waals surface area contributed by atoms with Gasteiger partial charge in [-0.15, -0.1) is 0 Å². The van der Waals surface area contributed by atoms with Crippen LogP contribution in [0.3, 0.4) is 0 Å². The van der Waals surface area contributed by atoms with Gasteiger partial charge in [0.1, 0.15) is 5.75 Å². The Morgan fingerprint density at radius 1 is 1.44 bits per heavy atom. The Hall–Kier alpha value is -0.540. The van der Waals surface area contributed by atoms with Crippen molar-refractivity contribution in [2.24, 2.45) is 11.3 Å². The first-order valence-corrected chi connectivity index (χ1v) is 7.44. The second-order valence-electron chi connectivity index (χ2n) is 6.15. The minimum absolute atomic E-state index is 0.407. The Bertz CT molecular complexity index is 484. The van der Waals surface area contributed by atoms with Crippen LogP contribution >= 0.6 is 15.9 Å². The van der Waals surface area contributed by atoms with Crippen LogP contribution < -0.4 is 10.1 Å². The molecule has 2 nitrogen and oxygen atoms in total. The van der Waals surface area contributed by atoms with Gasteiger partial charge >= 0.3 is 0 Å². The molecular formula is C15H20BrNO. The third-order valence-corrected chi connectivity index (χ3v) is 4.87. The first-order chi connectivity index (χ1) is 8.53. The number of benzene rings is 1. The zero-order valence-electron chi connectivity index (χ0n) is 11.2. The molecule has 18 heavy (non-hydrogen) atoms. The quantitative estimate of drug-likeness (QED) is 0.919. The van der Waals surface area contributed by atoms with E-state index in [4.69, 9.17) is 4.74 Å². The van der Waals surface area contributed by atoms with Crippen LogP contribution in [0.4, 0.5) is 0 Å². The highest BCUT2D eigenvalue weighted by Crippen LogP contribution is 2.59. The molecule has 0 radical (unpaired) electrons. The largest absolute Gasteiger partial charge is 0.493 e. The fourth-order valence-electron chi connectivity index (χ4n) is 3.18. The predicted molar refractivity (Wildman–Crippen MR) is 77.0 cm³/mol. The zero-order valence-corrected chi connectivity index (χ0v) is 12.8. The third-order valence-electron chi connectivity index (χ3n) is 4.42. The number of halogens is 1. The second-order valence-corrected chi connectivity index (χ2v) is 7.06. The molecule has 3 heteroatoms. The van der Waals surface area contributed by atoms with E-state index in [0.717, 1.165) is 18.8 Å². The lowest BCUT2D eigenvalue weighted by molar-refractivity contribution is 0.343. The summed E-state index contributed by atoms with van der Waals surface area (Å²) in [7, 11) is 2.06. The Labute approximate surface area is 117 Å². The van der Waals surface area contributed by atoms with E-state index in [-0.39, 0.29) is 0 Å². The van der Waals surface area contributed by atoms with Crippen LogP contribution in [-0.4, -0.2) is 13.7 Å². The summed E-state index contributed by atoms with van der Waals surface area (Å²) in [4.78, 5) is 0. The van der Waals surface area contributed by atoms with Gasteiger partial charge in [0.15, 0.2) is 0 Å². The summed E-state index contributed by atoms with van der Waals surface area (Å²) in [5, 5.41) is 3.49. The van der Waals surface area contributed by atoms with Crippen LogP contribution in [0, 0.1) is 11.3 Å². The number of nitrogens with one attached hydrogen (secondary N) is 1. The molecule has 2 atom stereocenters. The minimum Gasteiger partial charge on any atom is -0.493 e. The Morgan fingerprint density at radius 3 is 2.78 bits per heavy atom. The highest BCUT2D eigenvalue weighted by Gasteiger charge is 2.50. The van der Waals surface area contributed by atoms with Crippen molar-refractivity contribution in [2.45, 2.75) is 32.7 Å². The summed E-state index contributed by atoms with van der Waals surface area (Å²) < 4.78 is 7.02. The molecule has 0 amide bonds. The van der Waals surface area contributed by atoms with Crippen molar-refractivity contribution in [3.8, 4) is 5.75 Å². The maximum Gasteiger partial charge on any atom is 0.127 e. The highest BCUT2D eigenvalue weighted by molar-refractivity contribution is 9.10. The van der Waals surface area contributed by atoms with Gasteiger partial charge in [-0.05, 0) is 42.5 Å². The molecule has 98 valence electrons. The average Bonchev–Trinajstić information content (AvgIpc) is 2.75. The van der Waals surface area contributed by atoms with Crippen molar-refractivity contribution in [3.05, 3.63) is 27.7 Å². The molecule has 0 aromatic heterocycles. The van der Waals surface area contributed by atoms with E-state index in [1.54, 1.807) is 0 Å². The first kappa shape index (κ1) is 12.5. The maximum atomic E-state index is 5.85. The van der Waals surface area contributed by atoms with Gasteiger partial charge in [0, 0.05) is 22.5 Å². The summed E-state index contributed by atoms with van der Waals surface area (Å²) in [6.07, 6.45) is 2.33. The standard InChI is InChI=1S/C15H20BrNO/c1-15(2)8-12(15)13(17-3)11-7-10(16)6-9-4-5-18-14(9)11/h6-7,12-13,17H,4-5,8H2,1-3H3. The summed E-state index contributed by atoms with van der Waals surface area (Å²) >= 11 is 3.63. The second kappa shape index (κ2) is 4.24. The van der Waals surface area contributed by atoms with Crippen LogP contribution in [0.5, 0.6) is 5.75 Å². The fourth-order valence-corrected chi connectivity index (χ4v) is 3.70. The number of rotatable bonds is 3. The number of fused-ring (bicyclic) bond motifs is 1. The minimum atomic E-state index is 0.407. The van der Waals surface area contributed by atoms with E-state index >= 15 is 0 Å². The lowest BCUT2D eigenvalue weighted by Gasteiger charge is -2.21. The first-order valence-electron chi connectivity index (χ1n) is 6.65. The molecule has 1 N–H and O–H groups in total. The molecule has 1 aromatic carbocycles. The van der Waals surface area contributed by atoms with Crippen molar-refractivity contribution >= 4 is 15.9 Å². The predicted octanol–water partition coefficient (Wildman–Crippen LogP) is 3.69. The number of hydrogen-bond donors (Lipinski definition) is 1. The lowest BCUT2D eigenvalue weighted by atomic mass is 9.95. The van der Waals surface area contributed by atoms with Crippen molar-refractivity contribution in [1.29, 1.82) is 0 Å². The van der Waals surface area contributed by atoms with Gasteiger partial charge in [0.2, 0.25) is 0 Å². The van der Waals surface area contributed by atoms with E-state index in [1.165, 1.54) is 22.0 Å². The zero-order chi connectivity index (χ0) is 12.9. The third kappa shape index (κ3) is 1.97. The van der Waals surface area contributed by atoms with Crippen LogP contribution in [-0.2, 0) is 6.42 Å². The Balaban J connectivity index is 2.00. The van der Waals surface area contributed by atoms with Crippen LogP contribution in [0.25, 0.3) is 0 Å². The monoisotopic (exact) mass is 309 g/mol. The molecule has 1 fully saturated rings. The molecule has 1 aromatic rings. The van der Waals surface area contributed by atoms with E-state index < -0.39 is 0 Å². The molecule has 0 saturated heterocycles. The Morgan fingerprint density at radius 2 is 2.17 bits per heavy atom. The van der Waals surface area contributed by atoms with Gasteiger partial charge in [-0.2, -0.15) is 0 Å². The van der Waals surface area contributed by atoms with Gasteiger partial charge in [0.25, 0.3) is 0 Å². The lowest BCUT2D eigenvalue weighted by Crippen LogP contribution is -2.21. The fraction of sp³-hybridized carbons (Fsp3) is 0.600. The van der Waals surface area contributed by atoms with E-state index in [0.29, 0.717) is 17.4 Å². The van der Waals surface area contributed by atoms with E-state index in [1.807, 2.05) is 0 Å². The van der Waals surface area contributed by atoms with Gasteiger partial charge in [0.05, 0.1) is 6.61 Å². The number of ether oxygens (including phenoxy) is 1. The van der Waals surface area contributed by atoms with Gasteiger partial charge in [-0.3, -0.25) is 0 Å². The van der Waals surface area contributed by atoms with E-state index in [9.17, 15) is 0 Å². The molecule has 2 unspecified atom stereocenters. The molecule has 3 rings (SSSR count). The van der Waals surface area contributed by atoms with Crippen LogP contribution in [0.2, 0.25) is 0 Å². The SMILES string of the molecule is CNC(c1cc(Br)cc2c1OCC2)C1CC1(C)C. The van der Waals surface area contributed by atoms with Crippen molar-refractivity contribution < 1.29 is 4.74 Å². The molecule has 0 spiro atoms. The summed E-state index contributed by atoms with van der Waals surface area (Å²) in [6.45, 7) is 5.52. The van der Waals surface area contributed by atoms with Crippen LogP contribution in [0.1, 0.15) is 37.4 Å². The Kier molecular flexibility index (Phi) is 2.94. The van der Waals surface area contributed by atoms with Crippen LogP contribution in [0.15, 0.2) is 16.6 Å². The highest BCUT2D eigenvalue weighted by atomic mass is 79.9. The average molecular weight is 310 g/mol. The van der Waals surface area contributed by atoms with Gasteiger partial charge in [-0.1, -0.05) is 29.8 Å². The maximum absolute atomic E-state index is 5.85. The van der Waals surface area contributed by atoms with E-state index in [2.05, 4.69) is 54.3 Å². The summed E-state index contributed by atoms with van der Waals surface area (Å²) in [6, 6.07) is 4.82. The topological polar surface area (TPSA) is 21.3 Å². The van der Waals surface area contributed by atoms with Gasteiger partial charge in [-0.25, -0.2) is 0 Å². The van der Waals surface area contributed by atoms with Crippen molar-refractivity contribution in [2.75, 3.05) is 13.7 Å². The molecular weight excluding hydrogens is 290 g/mol. The van der Waals surface area contributed by atoms with Crippen molar-refractivity contribution in [1.82, 2.24) is 5.32 Å². The molecule has 0 bridgehead atoms. The molecule has 1 aliphatic heterocycles. The van der Waals surface area contributed by atoms with Gasteiger partial charge < -0.3 is 10.1 Å². The molecule has 1 aliphatic carbocycles. The molecule has 2 aliphatic rings. The number of hydrogen-bond acceptors (Lipinski definition) is 2. The van der Waals surface area contributed by atoms with Crippen molar-refractivity contribution in [3.63, 3.8) is 0 Å². The smallest absolute Gasteiger partial charge is 0.127 e. The summed E-state index contributed by atoms with van der Waals surface area (Å²) in [5.41, 5.74) is 3.13.